The summed E-state index contributed by atoms with van der Waals surface area (Å²) in [5.41, 5.74) is 8.29. The van der Waals surface area contributed by atoms with Crippen LogP contribution in [0.3, 0.4) is 0 Å². The average molecular weight is 555 g/mol. The third-order valence-electron chi connectivity index (χ3n) is 6.23. The molecule has 0 spiro atoms. The smallest absolute Gasteiger partial charge is 0.261 e. The van der Waals surface area contributed by atoms with E-state index >= 15 is 0 Å². The molecule has 0 bridgehead atoms. The van der Waals surface area contributed by atoms with E-state index in [1.54, 1.807) is 30.3 Å². The number of fused-ring (bicyclic) bond motifs is 1. The normalized spacial score (nSPS) is 11.5. The quantitative estimate of drug-likeness (QED) is 0.242. The number of Topliss-reactive ketones (excluding diaryl/α,β-unsaturated/α-hetero) is 1. The largest absolute Gasteiger partial charge is 0.481 e. The van der Waals surface area contributed by atoms with Crippen molar-refractivity contribution in [3.63, 3.8) is 0 Å². The van der Waals surface area contributed by atoms with E-state index in [4.69, 9.17) is 22.1 Å². The maximum atomic E-state index is 13.2. The van der Waals surface area contributed by atoms with Gasteiger partial charge in [0.05, 0.1) is 12.6 Å². The summed E-state index contributed by atoms with van der Waals surface area (Å²) in [6.45, 7) is 2.25. The highest BCUT2D eigenvalue weighted by Gasteiger charge is 2.19. The van der Waals surface area contributed by atoms with Gasteiger partial charge in [0.15, 0.2) is 5.78 Å². The van der Waals surface area contributed by atoms with E-state index in [1.165, 1.54) is 19.4 Å². The Morgan fingerprint density at radius 3 is 2.66 bits per heavy atom. The molecule has 0 aliphatic rings. The van der Waals surface area contributed by atoms with Gasteiger partial charge in [0.25, 0.3) is 11.5 Å². The van der Waals surface area contributed by atoms with Crippen molar-refractivity contribution < 1.29 is 14.3 Å². The minimum atomic E-state index is -0.591. The summed E-state index contributed by atoms with van der Waals surface area (Å²) in [6.07, 6.45) is 2.39. The van der Waals surface area contributed by atoms with E-state index in [-0.39, 0.29) is 36.1 Å². The molecule has 38 heavy (non-hydrogen) atoms. The number of methoxy groups -OCH3 is 1. The van der Waals surface area contributed by atoms with Gasteiger partial charge in [-0.05, 0) is 61.2 Å². The molecule has 198 valence electrons. The highest BCUT2D eigenvalue weighted by molar-refractivity contribution is 6.30. The third-order valence-corrected chi connectivity index (χ3v) is 6.47. The molecule has 0 aliphatic heterocycles. The second-order valence-electron chi connectivity index (χ2n) is 8.77. The number of hydrogen-bond donors (Lipinski definition) is 3. The first-order valence-corrected chi connectivity index (χ1v) is 12.1. The Kier molecular flexibility index (Phi) is 9.63. The molecule has 1 atom stereocenters. The van der Waals surface area contributed by atoms with E-state index in [2.05, 4.69) is 15.3 Å². The predicted octanol–water partition coefficient (Wildman–Crippen LogP) is 5.27. The van der Waals surface area contributed by atoms with Crippen molar-refractivity contribution in [2.24, 2.45) is 5.73 Å². The summed E-state index contributed by atoms with van der Waals surface area (Å²) in [5.74, 6) is -0.412. The first kappa shape index (κ1) is 28.8. The van der Waals surface area contributed by atoms with E-state index in [0.29, 0.717) is 46.0 Å². The highest BCUT2D eigenvalue weighted by Crippen LogP contribution is 2.28. The lowest BCUT2D eigenvalue weighted by atomic mass is 9.88. The Bertz CT molecular complexity index is 1540. The van der Waals surface area contributed by atoms with E-state index in [0.717, 1.165) is 11.1 Å². The number of amides is 1. The Balaban J connectivity index is 0.00000400. The van der Waals surface area contributed by atoms with Crippen LogP contribution < -0.4 is 21.3 Å². The zero-order chi connectivity index (χ0) is 26.5. The van der Waals surface area contributed by atoms with Crippen molar-refractivity contribution in [3.8, 4) is 5.88 Å². The molecule has 0 fully saturated rings. The molecule has 2 aromatic heterocycles. The van der Waals surface area contributed by atoms with Crippen molar-refractivity contribution in [2.45, 2.75) is 25.7 Å². The van der Waals surface area contributed by atoms with Gasteiger partial charge in [0.1, 0.15) is 5.56 Å². The van der Waals surface area contributed by atoms with Crippen LogP contribution in [0.15, 0.2) is 65.6 Å². The molecule has 0 aliphatic carbocycles. The van der Waals surface area contributed by atoms with E-state index in [1.807, 2.05) is 25.1 Å². The summed E-state index contributed by atoms with van der Waals surface area (Å²) in [4.78, 5) is 45.6. The number of ether oxygens (including phenoxy) is 1. The summed E-state index contributed by atoms with van der Waals surface area (Å²) in [6, 6.07) is 15.6. The fourth-order valence-corrected chi connectivity index (χ4v) is 4.37. The molecule has 1 amide bonds. The zero-order valence-electron chi connectivity index (χ0n) is 20.9. The van der Waals surface area contributed by atoms with Crippen LogP contribution in [0.25, 0.3) is 10.9 Å². The zero-order valence-corrected chi connectivity index (χ0v) is 22.5. The van der Waals surface area contributed by atoms with Crippen LogP contribution >= 0.6 is 24.0 Å². The second kappa shape index (κ2) is 12.7. The highest BCUT2D eigenvalue weighted by atomic mass is 35.5. The third kappa shape index (κ3) is 6.58. The Morgan fingerprint density at radius 1 is 1.16 bits per heavy atom. The second-order valence-corrected chi connectivity index (χ2v) is 9.20. The predicted molar refractivity (Wildman–Crippen MR) is 152 cm³/mol. The van der Waals surface area contributed by atoms with Crippen molar-refractivity contribution in [1.29, 1.82) is 0 Å². The Hall–Kier alpha value is -3.72. The number of nitrogens with one attached hydrogen (secondary N) is 2. The number of ketones is 1. The molecule has 0 saturated heterocycles. The molecule has 2 aromatic carbocycles. The molecule has 0 saturated carbocycles. The number of carbonyl (C=O) groups excluding carboxylic acids is 2. The first-order valence-electron chi connectivity index (χ1n) is 11.8. The number of benzene rings is 2. The molecular formula is C28H28Cl2N4O4. The summed E-state index contributed by atoms with van der Waals surface area (Å²) < 4.78 is 5.08. The summed E-state index contributed by atoms with van der Waals surface area (Å²) >= 11 is 6.15. The number of rotatable bonds is 9. The molecule has 0 radical (unpaired) electrons. The number of carbonyl (C=O) groups is 2. The van der Waals surface area contributed by atoms with Gasteiger partial charge in [0, 0.05) is 40.3 Å². The Labute approximate surface area is 231 Å². The van der Waals surface area contributed by atoms with Gasteiger partial charge < -0.3 is 20.8 Å². The van der Waals surface area contributed by atoms with Gasteiger partial charge >= 0.3 is 0 Å². The molecule has 2 heterocycles. The maximum absolute atomic E-state index is 13.2. The van der Waals surface area contributed by atoms with Gasteiger partial charge in [-0.1, -0.05) is 35.9 Å². The average Bonchev–Trinajstić information content (AvgIpc) is 2.88. The monoisotopic (exact) mass is 554 g/mol. The molecule has 1 unspecified atom stereocenters. The number of H-pyrrole nitrogens is 1. The van der Waals surface area contributed by atoms with Gasteiger partial charge in [-0.3, -0.25) is 14.4 Å². The lowest BCUT2D eigenvalue weighted by Crippen LogP contribution is -2.23. The van der Waals surface area contributed by atoms with Crippen LogP contribution in [0.5, 0.6) is 5.88 Å². The molecule has 10 heteroatoms. The number of halogens is 2. The summed E-state index contributed by atoms with van der Waals surface area (Å²) in [7, 11) is 1.48. The minimum Gasteiger partial charge on any atom is -0.481 e. The molecule has 4 aromatic rings. The first-order chi connectivity index (χ1) is 17.8. The van der Waals surface area contributed by atoms with E-state index < -0.39 is 11.5 Å². The van der Waals surface area contributed by atoms with Gasteiger partial charge in [-0.25, -0.2) is 4.98 Å². The number of aromatic nitrogens is 2. The number of nitrogens with two attached hydrogens (primary N) is 1. The van der Waals surface area contributed by atoms with Crippen LogP contribution in [0.2, 0.25) is 5.02 Å². The number of pyridine rings is 2. The molecule has 8 nitrogen and oxygen atoms in total. The van der Waals surface area contributed by atoms with Crippen LogP contribution in [-0.4, -0.2) is 35.3 Å². The topological polar surface area (TPSA) is 127 Å². The van der Waals surface area contributed by atoms with E-state index in [9.17, 15) is 14.4 Å². The van der Waals surface area contributed by atoms with Crippen LogP contribution in [0.4, 0.5) is 5.69 Å². The Morgan fingerprint density at radius 2 is 1.95 bits per heavy atom. The van der Waals surface area contributed by atoms with Crippen LogP contribution in [0.1, 0.15) is 50.6 Å². The number of hydrogen-bond acceptors (Lipinski definition) is 6. The number of aromatic amines is 1. The minimum absolute atomic E-state index is 0. The van der Waals surface area contributed by atoms with Crippen molar-refractivity contribution in [1.82, 2.24) is 9.97 Å². The molecular weight excluding hydrogens is 527 g/mol. The van der Waals surface area contributed by atoms with Crippen molar-refractivity contribution >= 4 is 52.3 Å². The van der Waals surface area contributed by atoms with Gasteiger partial charge in [0.2, 0.25) is 5.88 Å². The number of anilines is 1. The number of nitrogens with zero attached hydrogens (tertiary/aromatic N) is 1. The lowest BCUT2D eigenvalue weighted by Gasteiger charge is -2.17. The molecule has 4 rings (SSSR count). The van der Waals surface area contributed by atoms with Crippen LogP contribution in [-0.2, 0) is 0 Å². The number of aryl methyl sites for hydroxylation is 1. The lowest BCUT2D eigenvalue weighted by molar-refractivity contribution is 0.0970. The van der Waals surface area contributed by atoms with Crippen molar-refractivity contribution in [3.05, 3.63) is 98.4 Å². The SMILES string of the molecule is COc1cc2[nH]c(=O)c(C(=O)Nc3cc(C(=O)CC(CCN)c4cccc(Cl)c4)ccc3C)cc2cn1.Cl. The standard InChI is InChI=1S/C28H27ClN4O4.ClH/c1-16-6-7-19(25(34)13-18(8-9-30)17-4-3-5-21(29)10-17)12-23(16)32-27(35)22-11-20-15-31-26(37-2)14-24(20)33-28(22)36;/h3-7,10-12,14-15,18H,8-9,13,30H2,1-2H3,(H,32,35)(H,33,36);1H. The van der Waals surface area contributed by atoms with Crippen LogP contribution in [0, 0.1) is 6.92 Å². The summed E-state index contributed by atoms with van der Waals surface area (Å²) in [5, 5.41) is 3.96. The fraction of sp³-hybridized carbons (Fsp3) is 0.214. The maximum Gasteiger partial charge on any atom is 0.261 e. The van der Waals surface area contributed by atoms with Crippen molar-refractivity contribution in [2.75, 3.05) is 19.0 Å². The van der Waals surface area contributed by atoms with Gasteiger partial charge in [-0.2, -0.15) is 0 Å². The van der Waals surface area contributed by atoms with Gasteiger partial charge in [-0.15, -0.1) is 12.4 Å². The molecule has 4 N–H and O–H groups in total. The fourth-order valence-electron chi connectivity index (χ4n) is 4.17.